The van der Waals surface area contributed by atoms with Gasteiger partial charge in [-0.2, -0.15) is 0 Å². The summed E-state index contributed by atoms with van der Waals surface area (Å²) in [5, 5.41) is 20.7. The number of carboxylic acids is 1. The first-order valence-electron chi connectivity index (χ1n) is 6.51. The number of hydrogen-bond acceptors (Lipinski definition) is 3. The Hall–Kier alpha value is -1.30. The van der Waals surface area contributed by atoms with E-state index in [9.17, 15) is 14.7 Å². The number of carbonyl (C=O) groups is 2. The van der Waals surface area contributed by atoms with Gasteiger partial charge >= 0.3 is 12.0 Å². The summed E-state index contributed by atoms with van der Waals surface area (Å²) in [6, 6.07) is -1.44. The van der Waals surface area contributed by atoms with E-state index in [0.29, 0.717) is 13.0 Å². The smallest absolute Gasteiger partial charge is 0.326 e. The Bertz CT molecular complexity index is 296. The molecule has 2 atom stereocenters. The number of nitrogens with one attached hydrogen (secondary N) is 1. The van der Waals surface area contributed by atoms with Crippen molar-refractivity contribution in [2.24, 2.45) is 0 Å². The molecule has 1 aliphatic heterocycles. The fraction of sp³-hybridized carbons (Fsp3) is 0.833. The molecule has 6 heteroatoms. The van der Waals surface area contributed by atoms with Crippen molar-refractivity contribution in [1.82, 2.24) is 10.2 Å². The third-order valence-corrected chi connectivity index (χ3v) is 3.35. The molecule has 0 radical (unpaired) electrons. The quantitative estimate of drug-likeness (QED) is 0.695. The van der Waals surface area contributed by atoms with Crippen LogP contribution in [0.4, 0.5) is 4.79 Å². The molecule has 1 saturated heterocycles. The maximum absolute atomic E-state index is 12.0. The van der Waals surface area contributed by atoms with Crippen LogP contribution in [0.1, 0.15) is 39.0 Å². The van der Waals surface area contributed by atoms with E-state index in [4.69, 9.17) is 5.11 Å². The standard InChI is InChI=1S/C12H22N2O4/c1-2-10(11(16)17)13-12(18)14-7-5-3-4-6-9(14)8-15/h9-10,15H,2-8H2,1H3,(H,13,18)(H,16,17)/t9?,10-/m1/s1. The van der Waals surface area contributed by atoms with Gasteiger partial charge in [-0.25, -0.2) is 9.59 Å². The molecule has 1 rings (SSSR count). The molecule has 0 spiro atoms. The molecule has 0 saturated carbocycles. The van der Waals surface area contributed by atoms with Crippen molar-refractivity contribution in [2.45, 2.75) is 51.1 Å². The SMILES string of the molecule is CC[C@@H](NC(=O)N1CCCCCC1CO)C(=O)O. The monoisotopic (exact) mass is 258 g/mol. The van der Waals surface area contributed by atoms with E-state index in [1.807, 2.05) is 0 Å². The molecule has 1 heterocycles. The lowest BCUT2D eigenvalue weighted by molar-refractivity contribution is -0.139. The second kappa shape index (κ2) is 7.20. The maximum atomic E-state index is 12.0. The van der Waals surface area contributed by atoms with Crippen molar-refractivity contribution in [3.05, 3.63) is 0 Å². The normalized spacial score (nSPS) is 22.1. The van der Waals surface area contributed by atoms with Crippen molar-refractivity contribution in [3.63, 3.8) is 0 Å². The molecule has 2 amide bonds. The number of nitrogens with zero attached hydrogens (tertiary/aromatic N) is 1. The molecule has 1 unspecified atom stereocenters. The van der Waals surface area contributed by atoms with Crippen LogP contribution in [-0.4, -0.2) is 52.3 Å². The van der Waals surface area contributed by atoms with Crippen molar-refractivity contribution in [2.75, 3.05) is 13.2 Å². The average Bonchev–Trinajstić information content (AvgIpc) is 2.60. The van der Waals surface area contributed by atoms with Gasteiger partial charge in [0.25, 0.3) is 0 Å². The summed E-state index contributed by atoms with van der Waals surface area (Å²) < 4.78 is 0. The summed E-state index contributed by atoms with van der Waals surface area (Å²) in [7, 11) is 0. The Morgan fingerprint density at radius 3 is 2.67 bits per heavy atom. The van der Waals surface area contributed by atoms with Gasteiger partial charge in [0.15, 0.2) is 0 Å². The Morgan fingerprint density at radius 1 is 1.39 bits per heavy atom. The Labute approximate surface area is 107 Å². The van der Waals surface area contributed by atoms with Gasteiger partial charge in [0.2, 0.25) is 0 Å². The summed E-state index contributed by atoms with van der Waals surface area (Å²) in [5.41, 5.74) is 0. The number of carboxylic acid groups (broad SMARTS) is 1. The lowest BCUT2D eigenvalue weighted by atomic mass is 10.1. The highest BCUT2D eigenvalue weighted by Crippen LogP contribution is 2.16. The van der Waals surface area contributed by atoms with Gasteiger partial charge in [0.1, 0.15) is 6.04 Å². The zero-order valence-corrected chi connectivity index (χ0v) is 10.8. The third-order valence-electron chi connectivity index (χ3n) is 3.35. The molecule has 104 valence electrons. The van der Waals surface area contributed by atoms with Gasteiger partial charge in [-0.15, -0.1) is 0 Å². The van der Waals surface area contributed by atoms with Crippen LogP contribution in [0.3, 0.4) is 0 Å². The van der Waals surface area contributed by atoms with Crippen molar-refractivity contribution >= 4 is 12.0 Å². The molecule has 0 aromatic carbocycles. The molecule has 0 aromatic heterocycles. The molecule has 6 nitrogen and oxygen atoms in total. The number of carbonyl (C=O) groups excluding carboxylic acids is 1. The molecular formula is C12H22N2O4. The summed E-state index contributed by atoms with van der Waals surface area (Å²) in [4.78, 5) is 24.5. The summed E-state index contributed by atoms with van der Waals surface area (Å²) in [6.07, 6.45) is 4.04. The number of urea groups is 1. The van der Waals surface area contributed by atoms with Gasteiger partial charge in [0, 0.05) is 6.54 Å². The van der Waals surface area contributed by atoms with E-state index >= 15 is 0 Å². The van der Waals surface area contributed by atoms with Crippen LogP contribution in [0, 0.1) is 0 Å². The van der Waals surface area contributed by atoms with Crippen LogP contribution in [-0.2, 0) is 4.79 Å². The first-order chi connectivity index (χ1) is 8.60. The third kappa shape index (κ3) is 3.87. The zero-order chi connectivity index (χ0) is 13.5. The number of aliphatic hydroxyl groups excluding tert-OH is 1. The van der Waals surface area contributed by atoms with E-state index in [2.05, 4.69) is 5.32 Å². The molecule has 3 N–H and O–H groups in total. The van der Waals surface area contributed by atoms with Crippen LogP contribution in [0.15, 0.2) is 0 Å². The van der Waals surface area contributed by atoms with Crippen molar-refractivity contribution < 1.29 is 19.8 Å². The van der Waals surface area contributed by atoms with Gasteiger partial charge in [-0.05, 0) is 19.3 Å². The van der Waals surface area contributed by atoms with Crippen LogP contribution in [0.2, 0.25) is 0 Å². The summed E-state index contributed by atoms with van der Waals surface area (Å²) >= 11 is 0. The lowest BCUT2D eigenvalue weighted by Crippen LogP contribution is -2.52. The Morgan fingerprint density at radius 2 is 2.11 bits per heavy atom. The highest BCUT2D eigenvalue weighted by Gasteiger charge is 2.27. The fourth-order valence-electron chi connectivity index (χ4n) is 2.20. The Kier molecular flexibility index (Phi) is 5.91. The molecule has 18 heavy (non-hydrogen) atoms. The molecule has 1 aliphatic rings. The number of aliphatic carboxylic acids is 1. The van der Waals surface area contributed by atoms with E-state index < -0.39 is 12.0 Å². The van der Waals surface area contributed by atoms with Gasteiger partial charge < -0.3 is 20.4 Å². The summed E-state index contributed by atoms with van der Waals surface area (Å²) in [6.45, 7) is 2.22. The largest absolute Gasteiger partial charge is 0.480 e. The predicted molar refractivity (Wildman–Crippen MR) is 66.3 cm³/mol. The second-order valence-corrected chi connectivity index (χ2v) is 4.63. The molecule has 0 aliphatic carbocycles. The fourth-order valence-corrected chi connectivity index (χ4v) is 2.20. The maximum Gasteiger partial charge on any atom is 0.326 e. The average molecular weight is 258 g/mol. The van der Waals surface area contributed by atoms with Crippen LogP contribution in [0.5, 0.6) is 0 Å². The van der Waals surface area contributed by atoms with Crippen LogP contribution in [0.25, 0.3) is 0 Å². The van der Waals surface area contributed by atoms with Gasteiger partial charge in [-0.1, -0.05) is 19.8 Å². The first kappa shape index (κ1) is 14.8. The topological polar surface area (TPSA) is 89.9 Å². The highest BCUT2D eigenvalue weighted by molar-refractivity contribution is 5.82. The van der Waals surface area contributed by atoms with E-state index in [-0.39, 0.29) is 18.7 Å². The van der Waals surface area contributed by atoms with Crippen molar-refractivity contribution in [3.8, 4) is 0 Å². The number of amides is 2. The molecule has 1 fully saturated rings. The number of hydrogen-bond donors (Lipinski definition) is 3. The minimum absolute atomic E-state index is 0.0721. The lowest BCUT2D eigenvalue weighted by Gasteiger charge is -2.29. The first-order valence-corrected chi connectivity index (χ1v) is 6.51. The highest BCUT2D eigenvalue weighted by atomic mass is 16.4. The van der Waals surface area contributed by atoms with Crippen LogP contribution < -0.4 is 5.32 Å². The Balaban J connectivity index is 2.64. The number of rotatable bonds is 4. The van der Waals surface area contributed by atoms with E-state index in [1.54, 1.807) is 11.8 Å². The number of aliphatic hydroxyl groups is 1. The summed E-state index contributed by atoms with van der Waals surface area (Å²) in [5.74, 6) is -1.03. The van der Waals surface area contributed by atoms with Crippen LogP contribution >= 0.6 is 0 Å². The minimum Gasteiger partial charge on any atom is -0.480 e. The predicted octanol–water partition coefficient (Wildman–Crippen LogP) is 0.796. The second-order valence-electron chi connectivity index (χ2n) is 4.63. The molecule has 0 aromatic rings. The van der Waals surface area contributed by atoms with Gasteiger partial charge in [-0.3, -0.25) is 0 Å². The van der Waals surface area contributed by atoms with E-state index in [0.717, 1.165) is 25.7 Å². The van der Waals surface area contributed by atoms with Gasteiger partial charge in [0.05, 0.1) is 12.6 Å². The zero-order valence-electron chi connectivity index (χ0n) is 10.8. The number of likely N-dealkylation sites (tertiary alicyclic amines) is 1. The molecule has 0 bridgehead atoms. The van der Waals surface area contributed by atoms with E-state index in [1.165, 1.54) is 0 Å². The molecular weight excluding hydrogens is 236 g/mol. The van der Waals surface area contributed by atoms with Crippen molar-refractivity contribution in [1.29, 1.82) is 0 Å². The minimum atomic E-state index is -1.03.